The number of hydrogen-bond acceptors (Lipinski definition) is 3. The Hall–Kier alpha value is -1.16. The Morgan fingerprint density at radius 2 is 1.93 bits per heavy atom. The van der Waals surface area contributed by atoms with E-state index in [1.54, 1.807) is 42.9 Å². The summed E-state index contributed by atoms with van der Waals surface area (Å²) in [4.78, 5) is 13.9. The van der Waals surface area contributed by atoms with Crippen LogP contribution in [0.15, 0.2) is 29.2 Å². The molecule has 1 amide bonds. The van der Waals surface area contributed by atoms with Crippen LogP contribution in [0, 0.1) is 0 Å². The van der Waals surface area contributed by atoms with Crippen molar-refractivity contribution < 1.29 is 9.90 Å². The van der Waals surface area contributed by atoms with Gasteiger partial charge in [0.25, 0.3) is 0 Å². The third-order valence-corrected chi connectivity index (χ3v) is 2.93. The first-order chi connectivity index (χ1) is 7.09. The van der Waals surface area contributed by atoms with Crippen LogP contribution in [0.1, 0.15) is 6.42 Å². The number of carbonyl (C=O) groups is 1. The first kappa shape index (κ1) is 11.9. The minimum Gasteiger partial charge on any atom is -0.508 e. The highest BCUT2D eigenvalue weighted by molar-refractivity contribution is 7.99. The molecule has 0 saturated heterocycles. The Bertz CT molecular complexity index is 322. The Labute approximate surface area is 94.1 Å². The van der Waals surface area contributed by atoms with Gasteiger partial charge in [0.1, 0.15) is 5.75 Å². The van der Waals surface area contributed by atoms with Gasteiger partial charge in [0, 0.05) is 31.2 Å². The van der Waals surface area contributed by atoms with E-state index in [1.165, 1.54) is 0 Å². The van der Waals surface area contributed by atoms with Gasteiger partial charge in [0.2, 0.25) is 5.91 Å². The molecule has 0 aliphatic carbocycles. The molecule has 0 heterocycles. The summed E-state index contributed by atoms with van der Waals surface area (Å²) in [6.45, 7) is 0. The Balaban J connectivity index is 2.32. The van der Waals surface area contributed by atoms with Crippen molar-refractivity contribution in [3.63, 3.8) is 0 Å². The van der Waals surface area contributed by atoms with Gasteiger partial charge < -0.3 is 10.0 Å². The minimum atomic E-state index is 0.140. The van der Waals surface area contributed by atoms with Crippen LogP contribution >= 0.6 is 11.8 Å². The molecule has 0 atom stereocenters. The number of rotatable bonds is 4. The summed E-state index contributed by atoms with van der Waals surface area (Å²) in [6, 6.07) is 6.99. The van der Waals surface area contributed by atoms with Crippen LogP contribution < -0.4 is 0 Å². The number of phenols is 1. The molecule has 1 N–H and O–H groups in total. The lowest BCUT2D eigenvalue weighted by Gasteiger charge is -2.09. The SMILES string of the molecule is CN(C)C(=O)CCSc1ccc(O)cc1. The largest absolute Gasteiger partial charge is 0.508 e. The van der Waals surface area contributed by atoms with Crippen molar-refractivity contribution in [2.45, 2.75) is 11.3 Å². The van der Waals surface area contributed by atoms with Crippen LogP contribution in [0.5, 0.6) is 5.75 Å². The first-order valence-electron chi connectivity index (χ1n) is 4.71. The van der Waals surface area contributed by atoms with E-state index in [9.17, 15) is 4.79 Å². The highest BCUT2D eigenvalue weighted by atomic mass is 32.2. The monoisotopic (exact) mass is 225 g/mol. The van der Waals surface area contributed by atoms with E-state index in [4.69, 9.17) is 5.11 Å². The molecule has 82 valence electrons. The highest BCUT2D eigenvalue weighted by Gasteiger charge is 2.03. The molecule has 0 saturated carbocycles. The molecular weight excluding hydrogens is 210 g/mol. The zero-order chi connectivity index (χ0) is 11.3. The number of aromatic hydroxyl groups is 1. The van der Waals surface area contributed by atoms with Crippen molar-refractivity contribution in [2.24, 2.45) is 0 Å². The Morgan fingerprint density at radius 1 is 1.33 bits per heavy atom. The summed E-state index contributed by atoms with van der Waals surface area (Å²) in [5, 5.41) is 9.07. The van der Waals surface area contributed by atoms with E-state index in [0.717, 1.165) is 10.6 Å². The van der Waals surface area contributed by atoms with Gasteiger partial charge in [-0.15, -0.1) is 11.8 Å². The number of phenolic OH excluding ortho intramolecular Hbond substituents is 1. The van der Waals surface area contributed by atoms with Gasteiger partial charge >= 0.3 is 0 Å². The average Bonchev–Trinajstić information content (AvgIpc) is 2.20. The number of carbonyl (C=O) groups excluding carboxylic acids is 1. The van der Waals surface area contributed by atoms with Crippen LogP contribution in [-0.2, 0) is 4.79 Å². The Morgan fingerprint density at radius 3 is 2.47 bits per heavy atom. The summed E-state index contributed by atoms with van der Waals surface area (Å²) in [5.41, 5.74) is 0. The maximum Gasteiger partial charge on any atom is 0.222 e. The van der Waals surface area contributed by atoms with Crippen LogP contribution in [-0.4, -0.2) is 35.8 Å². The topological polar surface area (TPSA) is 40.5 Å². The minimum absolute atomic E-state index is 0.140. The fraction of sp³-hybridized carbons (Fsp3) is 0.364. The van der Waals surface area contributed by atoms with Crippen molar-refractivity contribution in [1.82, 2.24) is 4.90 Å². The fourth-order valence-corrected chi connectivity index (χ4v) is 1.86. The van der Waals surface area contributed by atoms with E-state index in [1.807, 2.05) is 12.1 Å². The molecule has 0 bridgehead atoms. The third-order valence-electron chi connectivity index (χ3n) is 1.92. The van der Waals surface area contributed by atoms with E-state index in [0.29, 0.717) is 6.42 Å². The highest BCUT2D eigenvalue weighted by Crippen LogP contribution is 2.21. The van der Waals surface area contributed by atoms with E-state index < -0.39 is 0 Å². The molecule has 0 aliphatic rings. The molecule has 0 fully saturated rings. The average molecular weight is 225 g/mol. The summed E-state index contributed by atoms with van der Waals surface area (Å²) >= 11 is 1.62. The van der Waals surface area contributed by atoms with Gasteiger partial charge in [-0.1, -0.05) is 0 Å². The van der Waals surface area contributed by atoms with Gasteiger partial charge in [0.15, 0.2) is 0 Å². The van der Waals surface area contributed by atoms with Crippen molar-refractivity contribution in [3.05, 3.63) is 24.3 Å². The van der Waals surface area contributed by atoms with E-state index >= 15 is 0 Å². The maximum atomic E-state index is 11.3. The standard InChI is InChI=1S/C11H15NO2S/c1-12(2)11(14)7-8-15-10-5-3-9(13)4-6-10/h3-6,13H,7-8H2,1-2H3. The van der Waals surface area contributed by atoms with Crippen LogP contribution in [0.25, 0.3) is 0 Å². The molecule has 0 unspecified atom stereocenters. The zero-order valence-corrected chi connectivity index (χ0v) is 9.75. The molecule has 1 aromatic rings. The normalized spacial score (nSPS) is 10.0. The summed E-state index contributed by atoms with van der Waals surface area (Å²) in [5.74, 6) is 1.17. The molecule has 0 aromatic heterocycles. The predicted octanol–water partition coefficient (Wildman–Crippen LogP) is 1.96. The zero-order valence-electron chi connectivity index (χ0n) is 8.93. The van der Waals surface area contributed by atoms with Crippen LogP contribution in [0.3, 0.4) is 0 Å². The maximum absolute atomic E-state index is 11.3. The lowest BCUT2D eigenvalue weighted by atomic mass is 10.3. The second-order valence-electron chi connectivity index (χ2n) is 3.38. The van der Waals surface area contributed by atoms with Crippen LogP contribution in [0.2, 0.25) is 0 Å². The number of thioether (sulfide) groups is 1. The predicted molar refractivity (Wildman–Crippen MR) is 62.1 cm³/mol. The van der Waals surface area contributed by atoms with Crippen molar-refractivity contribution in [2.75, 3.05) is 19.8 Å². The lowest BCUT2D eigenvalue weighted by Crippen LogP contribution is -2.21. The lowest BCUT2D eigenvalue weighted by molar-refractivity contribution is -0.128. The smallest absolute Gasteiger partial charge is 0.222 e. The first-order valence-corrected chi connectivity index (χ1v) is 5.70. The molecule has 15 heavy (non-hydrogen) atoms. The molecule has 3 nitrogen and oxygen atoms in total. The number of amides is 1. The van der Waals surface area contributed by atoms with Gasteiger partial charge in [-0.25, -0.2) is 0 Å². The van der Waals surface area contributed by atoms with E-state index in [-0.39, 0.29) is 11.7 Å². The molecule has 1 aromatic carbocycles. The second-order valence-corrected chi connectivity index (χ2v) is 4.55. The quantitative estimate of drug-likeness (QED) is 0.796. The second kappa shape index (κ2) is 5.66. The summed E-state index contributed by atoms with van der Waals surface area (Å²) in [7, 11) is 3.51. The van der Waals surface area contributed by atoms with Crippen molar-refractivity contribution >= 4 is 17.7 Å². The molecule has 4 heteroatoms. The molecule has 1 rings (SSSR count). The van der Waals surface area contributed by atoms with Crippen LogP contribution in [0.4, 0.5) is 0 Å². The van der Waals surface area contributed by atoms with Gasteiger partial charge in [-0.2, -0.15) is 0 Å². The van der Waals surface area contributed by atoms with Crippen molar-refractivity contribution in [3.8, 4) is 5.75 Å². The number of hydrogen-bond donors (Lipinski definition) is 1. The third kappa shape index (κ3) is 4.25. The van der Waals surface area contributed by atoms with Gasteiger partial charge in [-0.05, 0) is 24.3 Å². The molecule has 0 aliphatic heterocycles. The number of nitrogens with zero attached hydrogens (tertiary/aromatic N) is 1. The van der Waals surface area contributed by atoms with E-state index in [2.05, 4.69) is 0 Å². The summed E-state index contributed by atoms with van der Waals surface area (Å²) < 4.78 is 0. The molecular formula is C11H15NO2S. The fourth-order valence-electron chi connectivity index (χ4n) is 1.02. The number of benzene rings is 1. The van der Waals surface area contributed by atoms with Gasteiger partial charge in [-0.3, -0.25) is 4.79 Å². The molecule has 0 radical (unpaired) electrons. The summed E-state index contributed by atoms with van der Waals surface area (Å²) in [6.07, 6.45) is 0.540. The van der Waals surface area contributed by atoms with Crippen molar-refractivity contribution in [1.29, 1.82) is 0 Å². The molecule has 0 spiro atoms. The Kier molecular flexibility index (Phi) is 4.49. The van der Waals surface area contributed by atoms with Gasteiger partial charge in [0.05, 0.1) is 0 Å².